The van der Waals surface area contributed by atoms with E-state index in [2.05, 4.69) is 33.8 Å². The first-order valence-electron chi connectivity index (χ1n) is 8.88. The van der Waals surface area contributed by atoms with Crippen molar-refractivity contribution in [3.63, 3.8) is 0 Å². The summed E-state index contributed by atoms with van der Waals surface area (Å²) in [6.07, 6.45) is 1.73. The molecule has 0 aliphatic carbocycles. The molecule has 2 aromatic rings. The van der Waals surface area contributed by atoms with Crippen LogP contribution >= 0.6 is 11.6 Å². The lowest BCUT2D eigenvalue weighted by Gasteiger charge is -2.40. The third-order valence-electron chi connectivity index (χ3n) is 4.38. The molecule has 7 heteroatoms. The second-order valence-electron chi connectivity index (χ2n) is 6.29. The lowest BCUT2D eigenvalue weighted by Crippen LogP contribution is -2.52. The number of piperazine rings is 1. The maximum Gasteiger partial charge on any atom is 0.266 e. The van der Waals surface area contributed by atoms with Crippen LogP contribution in [0.4, 0.5) is 11.6 Å². The van der Waals surface area contributed by atoms with E-state index >= 15 is 0 Å². The van der Waals surface area contributed by atoms with E-state index in [1.54, 1.807) is 0 Å². The normalized spacial score (nSPS) is 17.8. The van der Waals surface area contributed by atoms with Crippen LogP contribution in [0.15, 0.2) is 22.7 Å². The molecule has 1 saturated heterocycles. The Bertz CT molecular complexity index is 706. The van der Waals surface area contributed by atoms with Crippen LogP contribution in [0.5, 0.6) is 5.75 Å². The van der Waals surface area contributed by atoms with Crippen LogP contribution in [0.1, 0.15) is 33.1 Å². The smallest absolute Gasteiger partial charge is 0.266 e. The zero-order valence-corrected chi connectivity index (χ0v) is 15.8. The number of anilines is 2. The highest BCUT2D eigenvalue weighted by Gasteiger charge is 2.28. The van der Waals surface area contributed by atoms with Crippen LogP contribution in [0.3, 0.4) is 0 Å². The van der Waals surface area contributed by atoms with Gasteiger partial charge in [0.1, 0.15) is 5.75 Å². The SMILES string of the molecule is CCCOc1ccc(N2CCN(c3noc(CC)n3)[C@@H](C)C2)c(Cl)c1. The Balaban J connectivity index is 1.68. The molecule has 1 aromatic heterocycles. The Labute approximate surface area is 153 Å². The van der Waals surface area contributed by atoms with Gasteiger partial charge in [-0.3, -0.25) is 0 Å². The van der Waals surface area contributed by atoms with Crippen molar-refractivity contribution in [3.8, 4) is 5.75 Å². The maximum atomic E-state index is 6.49. The van der Waals surface area contributed by atoms with E-state index in [-0.39, 0.29) is 6.04 Å². The third-order valence-corrected chi connectivity index (χ3v) is 4.68. The number of aryl methyl sites for hydroxylation is 1. The Kier molecular flexibility index (Phi) is 5.68. The van der Waals surface area contributed by atoms with Crippen LogP contribution in [-0.2, 0) is 6.42 Å². The summed E-state index contributed by atoms with van der Waals surface area (Å²) in [5.74, 6) is 2.18. The molecular weight excluding hydrogens is 340 g/mol. The highest BCUT2D eigenvalue weighted by molar-refractivity contribution is 6.33. The van der Waals surface area contributed by atoms with E-state index in [1.807, 2.05) is 25.1 Å². The van der Waals surface area contributed by atoms with Crippen LogP contribution in [-0.4, -0.2) is 42.4 Å². The minimum Gasteiger partial charge on any atom is -0.494 e. The molecule has 0 unspecified atom stereocenters. The van der Waals surface area contributed by atoms with Gasteiger partial charge in [0.15, 0.2) is 0 Å². The number of ether oxygens (including phenoxy) is 1. The van der Waals surface area contributed by atoms with Crippen molar-refractivity contribution < 1.29 is 9.26 Å². The Morgan fingerprint density at radius 3 is 2.80 bits per heavy atom. The van der Waals surface area contributed by atoms with Gasteiger partial charge in [-0.25, -0.2) is 0 Å². The van der Waals surface area contributed by atoms with Gasteiger partial charge in [0.25, 0.3) is 5.95 Å². The third kappa shape index (κ3) is 4.00. The van der Waals surface area contributed by atoms with Gasteiger partial charge in [-0.1, -0.05) is 25.4 Å². The number of halogens is 1. The first-order chi connectivity index (χ1) is 12.1. The lowest BCUT2D eigenvalue weighted by molar-refractivity contribution is 0.317. The number of hydrogen-bond donors (Lipinski definition) is 0. The first kappa shape index (κ1) is 17.9. The van der Waals surface area contributed by atoms with Crippen molar-refractivity contribution in [2.45, 2.75) is 39.7 Å². The standard InChI is InChI=1S/C18H25ClN4O2/c1-4-10-24-14-6-7-16(15(19)11-14)22-8-9-23(13(3)12-22)18-20-17(5-2)25-21-18/h6-7,11,13H,4-5,8-10,12H2,1-3H3/t13-/m0/s1. The summed E-state index contributed by atoms with van der Waals surface area (Å²) in [6, 6.07) is 6.19. The first-order valence-corrected chi connectivity index (χ1v) is 9.26. The lowest BCUT2D eigenvalue weighted by atomic mass is 10.1. The molecule has 1 aliphatic rings. The summed E-state index contributed by atoms with van der Waals surface area (Å²) in [5, 5.41) is 4.82. The van der Waals surface area contributed by atoms with Crippen molar-refractivity contribution in [2.75, 3.05) is 36.0 Å². The molecule has 2 heterocycles. The Hall–Kier alpha value is -1.95. The van der Waals surface area contributed by atoms with Gasteiger partial charge in [0.05, 0.1) is 17.3 Å². The van der Waals surface area contributed by atoms with Gasteiger partial charge in [-0.2, -0.15) is 4.98 Å². The van der Waals surface area contributed by atoms with Crippen molar-refractivity contribution in [2.24, 2.45) is 0 Å². The summed E-state index contributed by atoms with van der Waals surface area (Å²) >= 11 is 6.49. The van der Waals surface area contributed by atoms with Crippen LogP contribution in [0, 0.1) is 0 Å². The second-order valence-corrected chi connectivity index (χ2v) is 6.70. The van der Waals surface area contributed by atoms with Gasteiger partial charge < -0.3 is 19.1 Å². The van der Waals surface area contributed by atoms with E-state index in [9.17, 15) is 0 Å². The molecule has 1 aromatic carbocycles. The highest BCUT2D eigenvalue weighted by atomic mass is 35.5. The van der Waals surface area contributed by atoms with Crippen LogP contribution < -0.4 is 14.5 Å². The van der Waals surface area contributed by atoms with E-state index in [1.165, 1.54) is 0 Å². The predicted molar refractivity (Wildman–Crippen MR) is 99.9 cm³/mol. The van der Waals surface area contributed by atoms with Crippen LogP contribution in [0.2, 0.25) is 5.02 Å². The summed E-state index contributed by atoms with van der Waals surface area (Å²) < 4.78 is 10.9. The molecule has 6 nitrogen and oxygen atoms in total. The number of nitrogens with zero attached hydrogens (tertiary/aromatic N) is 4. The van der Waals surface area contributed by atoms with Crippen LogP contribution in [0.25, 0.3) is 0 Å². The average Bonchev–Trinajstić information content (AvgIpc) is 3.09. The molecule has 0 spiro atoms. The van der Waals surface area contributed by atoms with E-state index in [0.29, 0.717) is 18.4 Å². The van der Waals surface area contributed by atoms with Gasteiger partial charge in [-0.15, -0.1) is 0 Å². The minimum atomic E-state index is 0.267. The van der Waals surface area contributed by atoms with Crippen molar-refractivity contribution in [1.82, 2.24) is 10.1 Å². The minimum absolute atomic E-state index is 0.267. The number of rotatable bonds is 6. The fourth-order valence-corrected chi connectivity index (χ4v) is 3.32. The van der Waals surface area contributed by atoms with E-state index < -0.39 is 0 Å². The molecule has 1 atom stereocenters. The van der Waals surface area contributed by atoms with E-state index in [4.69, 9.17) is 20.9 Å². The predicted octanol–water partition coefficient (Wildman–Crippen LogP) is 3.79. The fraction of sp³-hybridized carbons (Fsp3) is 0.556. The zero-order valence-electron chi connectivity index (χ0n) is 15.0. The Morgan fingerprint density at radius 1 is 1.32 bits per heavy atom. The van der Waals surface area contributed by atoms with Gasteiger partial charge in [0, 0.05) is 38.2 Å². The summed E-state index contributed by atoms with van der Waals surface area (Å²) in [7, 11) is 0. The molecule has 0 N–H and O–H groups in total. The van der Waals surface area contributed by atoms with Gasteiger partial charge in [-0.05, 0) is 30.6 Å². The van der Waals surface area contributed by atoms with Gasteiger partial charge in [0.2, 0.25) is 5.89 Å². The number of hydrogen-bond acceptors (Lipinski definition) is 6. The molecule has 0 amide bonds. The summed E-state index contributed by atoms with van der Waals surface area (Å²) in [4.78, 5) is 8.93. The summed E-state index contributed by atoms with van der Waals surface area (Å²) in [6.45, 7) is 9.50. The second kappa shape index (κ2) is 7.95. The molecule has 1 fully saturated rings. The maximum absolute atomic E-state index is 6.49. The highest BCUT2D eigenvalue weighted by Crippen LogP contribution is 2.32. The topological polar surface area (TPSA) is 54.6 Å². The largest absolute Gasteiger partial charge is 0.494 e. The van der Waals surface area contributed by atoms with E-state index in [0.717, 1.165) is 48.9 Å². The molecule has 0 radical (unpaired) electrons. The molecular formula is C18H25ClN4O2. The Morgan fingerprint density at radius 2 is 2.16 bits per heavy atom. The van der Waals surface area contributed by atoms with Gasteiger partial charge >= 0.3 is 0 Å². The van der Waals surface area contributed by atoms with Crippen molar-refractivity contribution in [3.05, 3.63) is 29.1 Å². The quantitative estimate of drug-likeness (QED) is 0.777. The molecule has 1 aliphatic heterocycles. The number of benzene rings is 1. The van der Waals surface area contributed by atoms with Crippen molar-refractivity contribution in [1.29, 1.82) is 0 Å². The molecule has 3 rings (SSSR count). The average molecular weight is 365 g/mol. The number of aromatic nitrogens is 2. The fourth-order valence-electron chi connectivity index (χ4n) is 3.03. The van der Waals surface area contributed by atoms with Crippen molar-refractivity contribution >= 4 is 23.2 Å². The zero-order chi connectivity index (χ0) is 17.8. The molecule has 25 heavy (non-hydrogen) atoms. The molecule has 0 saturated carbocycles. The summed E-state index contributed by atoms with van der Waals surface area (Å²) in [5.41, 5.74) is 1.04. The monoisotopic (exact) mass is 364 g/mol. The molecule has 0 bridgehead atoms. The molecule has 136 valence electrons.